The van der Waals surface area contributed by atoms with Crippen LogP contribution in [-0.2, 0) is 14.3 Å². The molecule has 0 saturated heterocycles. The van der Waals surface area contributed by atoms with Gasteiger partial charge in [-0.15, -0.1) is 0 Å². The van der Waals surface area contributed by atoms with Gasteiger partial charge in [0.15, 0.2) is 0 Å². The Kier molecular flexibility index (Phi) is 9.81. The molecule has 0 saturated carbocycles. The van der Waals surface area contributed by atoms with Crippen molar-refractivity contribution in [3.63, 3.8) is 0 Å². The topological polar surface area (TPSA) is 76.7 Å². The van der Waals surface area contributed by atoms with E-state index in [0.29, 0.717) is 18.9 Å². The number of ether oxygens (including phenoxy) is 2. The molecule has 0 aromatic rings. The minimum absolute atomic E-state index is 0.00968. The van der Waals surface area contributed by atoms with Crippen LogP contribution in [0, 0.1) is 5.92 Å². The molecule has 0 spiro atoms. The molecule has 1 amide bonds. The molecule has 0 heterocycles. The van der Waals surface area contributed by atoms with Crippen LogP contribution in [0.3, 0.4) is 0 Å². The lowest BCUT2D eigenvalue weighted by molar-refractivity contribution is -0.140. The second-order valence-corrected chi connectivity index (χ2v) is 6.73. The van der Waals surface area contributed by atoms with Gasteiger partial charge in [0.25, 0.3) is 0 Å². The average molecular weight is 316 g/mol. The minimum Gasteiger partial charge on any atom is -0.469 e. The molecular weight excluding hydrogens is 284 g/mol. The molecule has 0 aliphatic carbocycles. The van der Waals surface area contributed by atoms with Crippen LogP contribution < -0.4 is 10.6 Å². The first-order valence-corrected chi connectivity index (χ1v) is 7.92. The van der Waals surface area contributed by atoms with Gasteiger partial charge in [0.2, 0.25) is 0 Å². The van der Waals surface area contributed by atoms with E-state index in [1.54, 1.807) is 0 Å². The molecule has 1 atom stereocenters. The van der Waals surface area contributed by atoms with Gasteiger partial charge in [0, 0.05) is 19.0 Å². The number of unbranched alkanes of at least 4 members (excludes halogenated alkanes) is 1. The molecule has 22 heavy (non-hydrogen) atoms. The number of carbonyl (C=O) groups is 2. The summed E-state index contributed by atoms with van der Waals surface area (Å²) in [5.74, 6) is 0.127. The first kappa shape index (κ1) is 20.7. The van der Waals surface area contributed by atoms with Crippen molar-refractivity contribution < 1.29 is 19.1 Å². The Morgan fingerprint density at radius 2 is 1.77 bits per heavy atom. The van der Waals surface area contributed by atoms with E-state index >= 15 is 0 Å². The smallest absolute Gasteiger partial charge is 0.407 e. The fourth-order valence-electron chi connectivity index (χ4n) is 1.79. The average Bonchev–Trinajstić information content (AvgIpc) is 2.38. The quantitative estimate of drug-likeness (QED) is 0.505. The van der Waals surface area contributed by atoms with Crippen molar-refractivity contribution in [3.8, 4) is 0 Å². The summed E-state index contributed by atoms with van der Waals surface area (Å²) in [7, 11) is 1.40. The van der Waals surface area contributed by atoms with E-state index in [9.17, 15) is 9.59 Å². The first-order valence-electron chi connectivity index (χ1n) is 7.92. The third-order valence-electron chi connectivity index (χ3n) is 3.08. The van der Waals surface area contributed by atoms with E-state index in [-0.39, 0.29) is 12.0 Å². The Morgan fingerprint density at radius 1 is 1.14 bits per heavy atom. The lowest BCUT2D eigenvalue weighted by atomic mass is 10.0. The van der Waals surface area contributed by atoms with Crippen molar-refractivity contribution in [2.45, 2.75) is 65.5 Å². The number of esters is 1. The fraction of sp³-hybridized carbons (Fsp3) is 0.875. The highest BCUT2D eigenvalue weighted by Gasteiger charge is 2.21. The molecule has 0 aliphatic heterocycles. The minimum atomic E-state index is -0.493. The van der Waals surface area contributed by atoms with Gasteiger partial charge < -0.3 is 20.1 Å². The van der Waals surface area contributed by atoms with E-state index in [1.807, 2.05) is 20.8 Å². The van der Waals surface area contributed by atoms with Crippen LogP contribution in [0.15, 0.2) is 0 Å². The van der Waals surface area contributed by atoms with E-state index in [2.05, 4.69) is 29.2 Å². The number of hydrogen-bond acceptors (Lipinski definition) is 5. The number of hydrogen-bond donors (Lipinski definition) is 2. The highest BCUT2D eigenvalue weighted by molar-refractivity contribution is 5.69. The Hall–Kier alpha value is -1.30. The summed E-state index contributed by atoms with van der Waals surface area (Å²) in [6, 6.07) is 0.00968. The summed E-state index contributed by atoms with van der Waals surface area (Å²) in [6.07, 6.45) is 1.75. The second-order valence-electron chi connectivity index (χ2n) is 6.73. The van der Waals surface area contributed by atoms with Crippen molar-refractivity contribution >= 4 is 12.1 Å². The molecule has 0 aromatic carbocycles. The van der Waals surface area contributed by atoms with E-state index in [1.165, 1.54) is 7.11 Å². The number of rotatable bonds is 9. The Labute approximate surface area is 134 Å². The molecule has 2 N–H and O–H groups in total. The van der Waals surface area contributed by atoms with Gasteiger partial charge in [0.05, 0.1) is 7.11 Å². The zero-order chi connectivity index (χ0) is 17.2. The number of carbonyl (C=O) groups excluding carboxylic acids is 2. The molecule has 0 radical (unpaired) electrons. The van der Waals surface area contributed by atoms with Crippen molar-refractivity contribution in [2.24, 2.45) is 5.92 Å². The van der Waals surface area contributed by atoms with Crippen LogP contribution in [0.4, 0.5) is 4.79 Å². The normalized spacial score (nSPS) is 12.9. The van der Waals surface area contributed by atoms with Crippen LogP contribution in [0.25, 0.3) is 0 Å². The summed E-state index contributed by atoms with van der Waals surface area (Å²) in [5.41, 5.74) is -0.493. The van der Waals surface area contributed by atoms with Gasteiger partial charge in [0.1, 0.15) is 5.60 Å². The summed E-state index contributed by atoms with van der Waals surface area (Å²) in [5, 5.41) is 6.20. The van der Waals surface area contributed by atoms with E-state index in [4.69, 9.17) is 4.74 Å². The first-order chi connectivity index (χ1) is 10.2. The van der Waals surface area contributed by atoms with Crippen LogP contribution in [0.1, 0.15) is 53.9 Å². The predicted octanol–water partition coefficient (Wildman–Crippen LogP) is 2.47. The van der Waals surface area contributed by atoms with Crippen LogP contribution in [0.2, 0.25) is 0 Å². The molecule has 0 unspecified atom stereocenters. The van der Waals surface area contributed by atoms with Gasteiger partial charge in [-0.2, -0.15) is 0 Å². The Morgan fingerprint density at radius 3 is 2.27 bits per heavy atom. The van der Waals surface area contributed by atoms with Crippen LogP contribution in [-0.4, -0.2) is 43.9 Å². The lowest BCUT2D eigenvalue weighted by Crippen LogP contribution is -2.47. The zero-order valence-electron chi connectivity index (χ0n) is 14.8. The highest BCUT2D eigenvalue weighted by atomic mass is 16.6. The van der Waals surface area contributed by atoms with E-state index < -0.39 is 11.7 Å². The Bertz CT molecular complexity index is 338. The molecule has 0 fully saturated rings. The van der Waals surface area contributed by atoms with Gasteiger partial charge >= 0.3 is 12.1 Å². The summed E-state index contributed by atoms with van der Waals surface area (Å²) in [4.78, 5) is 22.8. The number of alkyl carbamates (subject to hydrolysis) is 1. The summed E-state index contributed by atoms with van der Waals surface area (Å²) in [6.45, 7) is 11.1. The molecule has 6 nitrogen and oxygen atoms in total. The summed E-state index contributed by atoms with van der Waals surface area (Å²) >= 11 is 0. The standard InChI is InChI=1S/C16H32N2O4/c1-12(2)13(18-15(20)22-16(3,4)5)11-17-10-8-7-9-14(19)21-6/h12-13,17H,7-11H2,1-6H3,(H,18,20)/t13-/m1/s1. The molecule has 0 rings (SSSR count). The van der Waals surface area contributed by atoms with Crippen LogP contribution >= 0.6 is 0 Å². The molecule has 0 aliphatic rings. The van der Waals surface area contributed by atoms with Gasteiger partial charge in [-0.1, -0.05) is 13.8 Å². The monoisotopic (exact) mass is 316 g/mol. The highest BCUT2D eigenvalue weighted by Crippen LogP contribution is 2.08. The van der Waals surface area contributed by atoms with Crippen LogP contribution in [0.5, 0.6) is 0 Å². The van der Waals surface area contributed by atoms with Crippen molar-refractivity contribution in [3.05, 3.63) is 0 Å². The number of amides is 1. The van der Waals surface area contributed by atoms with Gasteiger partial charge in [-0.25, -0.2) is 4.79 Å². The Balaban J connectivity index is 3.96. The molecular formula is C16H32N2O4. The summed E-state index contributed by atoms with van der Waals surface area (Å²) < 4.78 is 9.86. The maximum Gasteiger partial charge on any atom is 0.407 e. The number of nitrogens with one attached hydrogen (secondary N) is 2. The van der Waals surface area contributed by atoms with Gasteiger partial charge in [-0.05, 0) is 46.1 Å². The molecule has 0 bridgehead atoms. The van der Waals surface area contributed by atoms with E-state index in [0.717, 1.165) is 19.4 Å². The maximum absolute atomic E-state index is 11.8. The largest absolute Gasteiger partial charge is 0.469 e. The third kappa shape index (κ3) is 11.4. The second kappa shape index (κ2) is 10.4. The fourth-order valence-corrected chi connectivity index (χ4v) is 1.79. The SMILES string of the molecule is COC(=O)CCCCNC[C@@H](NC(=O)OC(C)(C)C)C(C)C. The molecule has 130 valence electrons. The number of methoxy groups -OCH3 is 1. The van der Waals surface area contributed by atoms with Crippen molar-refractivity contribution in [1.82, 2.24) is 10.6 Å². The predicted molar refractivity (Wildman–Crippen MR) is 86.7 cm³/mol. The van der Waals surface area contributed by atoms with Gasteiger partial charge in [-0.3, -0.25) is 4.79 Å². The zero-order valence-corrected chi connectivity index (χ0v) is 14.8. The van der Waals surface area contributed by atoms with Crippen molar-refractivity contribution in [2.75, 3.05) is 20.2 Å². The van der Waals surface area contributed by atoms with Crippen molar-refractivity contribution in [1.29, 1.82) is 0 Å². The molecule has 0 aromatic heterocycles. The third-order valence-corrected chi connectivity index (χ3v) is 3.08. The maximum atomic E-state index is 11.8. The lowest BCUT2D eigenvalue weighted by Gasteiger charge is -2.26. The molecule has 6 heteroatoms.